The maximum Gasteiger partial charge on any atom is 0.259 e. The predicted octanol–water partition coefficient (Wildman–Crippen LogP) is -0.153. The molecule has 0 saturated carbocycles. The fourth-order valence-corrected chi connectivity index (χ4v) is 1.74. The van der Waals surface area contributed by atoms with Crippen molar-refractivity contribution < 1.29 is 4.58 Å². The number of thiocarbonyl (C=S) groups is 1. The van der Waals surface area contributed by atoms with E-state index in [1.807, 2.05) is 14.1 Å². The summed E-state index contributed by atoms with van der Waals surface area (Å²) in [6, 6.07) is 0. The van der Waals surface area contributed by atoms with E-state index in [2.05, 4.69) is 9.48 Å². The third-order valence-electron chi connectivity index (χ3n) is 1.68. The molecular formula is C6H10N2S2. The van der Waals surface area contributed by atoms with Crippen LogP contribution < -0.4 is 0 Å². The molecule has 56 valence electrons. The van der Waals surface area contributed by atoms with Gasteiger partial charge in [0.25, 0.3) is 5.84 Å². The molecule has 0 atom stereocenters. The highest BCUT2D eigenvalue weighted by Crippen LogP contribution is 1.97. The summed E-state index contributed by atoms with van der Waals surface area (Å²) >= 11 is 9.81. The monoisotopic (exact) mass is 174 g/mol. The maximum absolute atomic E-state index is 4.90. The lowest BCUT2D eigenvalue weighted by atomic mass is 10.6. The van der Waals surface area contributed by atoms with Crippen LogP contribution in [0.2, 0.25) is 0 Å². The Morgan fingerprint density at radius 2 is 2.40 bits per heavy atom. The van der Waals surface area contributed by atoms with Crippen LogP contribution in [0.1, 0.15) is 0 Å². The van der Waals surface area contributed by atoms with Crippen LogP contribution in [0, 0.1) is 0 Å². The van der Waals surface area contributed by atoms with E-state index in [9.17, 15) is 0 Å². The van der Waals surface area contributed by atoms with Gasteiger partial charge in [-0.3, -0.25) is 9.48 Å². The van der Waals surface area contributed by atoms with Gasteiger partial charge in [0, 0.05) is 0 Å². The van der Waals surface area contributed by atoms with Gasteiger partial charge in [-0.25, -0.2) is 0 Å². The molecule has 0 aromatic heterocycles. The van der Waals surface area contributed by atoms with Crippen molar-refractivity contribution in [1.29, 1.82) is 0 Å². The minimum atomic E-state index is 0.572. The van der Waals surface area contributed by atoms with E-state index in [1.165, 1.54) is 0 Å². The summed E-state index contributed by atoms with van der Waals surface area (Å²) in [6.07, 6.45) is 0. The Kier molecular flexibility index (Phi) is 2.21. The Labute approximate surface area is 71.9 Å². The second kappa shape index (κ2) is 2.80. The highest BCUT2D eigenvalue weighted by atomic mass is 32.1. The summed E-state index contributed by atoms with van der Waals surface area (Å²) < 4.78 is 2.66. The van der Waals surface area contributed by atoms with E-state index in [0.29, 0.717) is 4.20 Å². The van der Waals surface area contributed by atoms with Crippen LogP contribution in [-0.2, 0) is 12.6 Å². The van der Waals surface area contributed by atoms with Crippen LogP contribution in [0.4, 0.5) is 0 Å². The minimum Gasteiger partial charge on any atom is -0.421 e. The molecule has 1 aliphatic rings. The smallest absolute Gasteiger partial charge is 0.259 e. The van der Waals surface area contributed by atoms with Crippen molar-refractivity contribution in [3.63, 3.8) is 0 Å². The quantitative estimate of drug-likeness (QED) is 0.310. The first kappa shape index (κ1) is 7.88. The van der Waals surface area contributed by atoms with Crippen molar-refractivity contribution in [2.75, 3.05) is 27.2 Å². The molecule has 1 rings (SSSR count). The predicted molar refractivity (Wildman–Crippen MR) is 48.7 cm³/mol. The largest absolute Gasteiger partial charge is 0.421 e. The summed E-state index contributed by atoms with van der Waals surface area (Å²) in [5.74, 6) is 1.02. The molecule has 0 bridgehead atoms. The molecule has 0 saturated heterocycles. The number of likely N-dealkylation sites (N-methyl/N-ethyl adjacent to an activating group) is 2. The lowest BCUT2D eigenvalue weighted by molar-refractivity contribution is -0.484. The van der Waals surface area contributed by atoms with Gasteiger partial charge < -0.3 is 24.8 Å². The standard InChI is InChI=1S/C6H10N2S2/c1-7-3-4-8(2)5(7)6(9)10/h3-4H2,1-2H3. The molecule has 2 nitrogen and oxygen atoms in total. The van der Waals surface area contributed by atoms with E-state index in [-0.39, 0.29) is 0 Å². The van der Waals surface area contributed by atoms with Crippen LogP contribution >= 0.6 is 12.2 Å². The third kappa shape index (κ3) is 1.27. The summed E-state index contributed by atoms with van der Waals surface area (Å²) in [4.78, 5) is 2.09. The first-order chi connectivity index (χ1) is 4.63. The Morgan fingerprint density at radius 3 is 2.60 bits per heavy atom. The van der Waals surface area contributed by atoms with Gasteiger partial charge in [0.2, 0.25) is 0 Å². The molecule has 1 aliphatic heterocycles. The van der Waals surface area contributed by atoms with Gasteiger partial charge in [0.15, 0.2) is 0 Å². The Morgan fingerprint density at radius 1 is 1.80 bits per heavy atom. The van der Waals surface area contributed by atoms with E-state index in [4.69, 9.17) is 24.8 Å². The Hall–Kier alpha value is -0.220. The zero-order valence-electron chi connectivity index (χ0n) is 6.13. The third-order valence-corrected chi connectivity index (χ3v) is 2.04. The minimum absolute atomic E-state index is 0.572. The Balaban J connectivity index is 2.88. The normalized spacial score (nSPS) is 18.4. The number of amidine groups is 1. The number of hydrogen-bond donors (Lipinski definition) is 0. The molecule has 10 heavy (non-hydrogen) atoms. The second-order valence-corrected chi connectivity index (χ2v) is 3.53. The van der Waals surface area contributed by atoms with E-state index < -0.39 is 0 Å². The average molecular weight is 174 g/mol. The van der Waals surface area contributed by atoms with Crippen LogP contribution in [0.15, 0.2) is 0 Å². The van der Waals surface area contributed by atoms with Gasteiger partial charge >= 0.3 is 0 Å². The van der Waals surface area contributed by atoms with Crippen molar-refractivity contribution in [2.45, 2.75) is 0 Å². The van der Waals surface area contributed by atoms with Crippen LogP contribution in [0.3, 0.4) is 0 Å². The van der Waals surface area contributed by atoms with Crippen molar-refractivity contribution >= 4 is 34.9 Å². The molecule has 0 aromatic rings. The molecule has 0 amide bonds. The molecule has 0 N–H and O–H groups in total. The highest BCUT2D eigenvalue weighted by molar-refractivity contribution is 8.03. The fourth-order valence-electron chi connectivity index (χ4n) is 1.11. The van der Waals surface area contributed by atoms with Gasteiger partial charge in [-0.15, -0.1) is 0 Å². The molecule has 0 spiro atoms. The number of nitrogens with zero attached hydrogens (tertiary/aromatic N) is 2. The topological polar surface area (TPSA) is 6.25 Å². The molecule has 0 radical (unpaired) electrons. The fraction of sp³-hybridized carbons (Fsp3) is 0.667. The molecule has 4 heteroatoms. The van der Waals surface area contributed by atoms with Crippen molar-refractivity contribution in [3.05, 3.63) is 0 Å². The Bertz CT molecular complexity index is 198. The van der Waals surface area contributed by atoms with Crippen molar-refractivity contribution in [3.8, 4) is 0 Å². The second-order valence-electron chi connectivity index (χ2n) is 2.45. The lowest BCUT2D eigenvalue weighted by Crippen LogP contribution is -2.30. The summed E-state index contributed by atoms with van der Waals surface area (Å²) in [6.45, 7) is 2.06. The van der Waals surface area contributed by atoms with E-state index in [1.54, 1.807) is 0 Å². The maximum atomic E-state index is 4.90. The van der Waals surface area contributed by atoms with Crippen molar-refractivity contribution in [2.24, 2.45) is 0 Å². The number of hydrogen-bond acceptors (Lipinski definition) is 3. The van der Waals surface area contributed by atoms with Gasteiger partial charge in [-0.2, -0.15) is 0 Å². The van der Waals surface area contributed by atoms with Crippen LogP contribution in [0.25, 0.3) is 0 Å². The SMILES string of the molecule is CN1CC[N+](C)=C1C(=S)[S-]. The molecule has 0 aromatic carbocycles. The molecule has 0 aliphatic carbocycles. The molecular weight excluding hydrogens is 164 g/mol. The van der Waals surface area contributed by atoms with E-state index >= 15 is 0 Å². The molecule has 1 heterocycles. The first-order valence-corrected chi connectivity index (χ1v) is 3.95. The van der Waals surface area contributed by atoms with Gasteiger partial charge in [0.05, 0.1) is 14.1 Å². The summed E-state index contributed by atoms with van der Waals surface area (Å²) in [5.41, 5.74) is 0. The van der Waals surface area contributed by atoms with Crippen LogP contribution in [0.5, 0.6) is 0 Å². The zero-order chi connectivity index (χ0) is 7.72. The van der Waals surface area contributed by atoms with Crippen molar-refractivity contribution in [1.82, 2.24) is 4.90 Å². The van der Waals surface area contributed by atoms with E-state index in [0.717, 1.165) is 18.9 Å². The highest BCUT2D eigenvalue weighted by Gasteiger charge is 2.22. The van der Waals surface area contributed by atoms with Gasteiger partial charge in [-0.1, -0.05) is 0 Å². The summed E-state index contributed by atoms with van der Waals surface area (Å²) in [5, 5.41) is 0. The van der Waals surface area contributed by atoms with Gasteiger partial charge in [0.1, 0.15) is 13.1 Å². The summed E-state index contributed by atoms with van der Waals surface area (Å²) in [7, 11) is 4.02. The zero-order valence-corrected chi connectivity index (χ0v) is 7.76. The average Bonchev–Trinajstić information content (AvgIpc) is 2.11. The van der Waals surface area contributed by atoms with Crippen LogP contribution in [-0.4, -0.2) is 46.7 Å². The molecule has 0 fully saturated rings. The molecule has 0 unspecified atom stereocenters. The number of rotatable bonds is 1. The lowest BCUT2D eigenvalue weighted by Gasteiger charge is -2.08. The van der Waals surface area contributed by atoms with Gasteiger partial charge in [-0.05, 0) is 4.20 Å². The first-order valence-electron chi connectivity index (χ1n) is 3.13.